The molecule has 0 atom stereocenters. The van der Waals surface area contributed by atoms with Crippen LogP contribution in [0.5, 0.6) is 0 Å². The summed E-state index contributed by atoms with van der Waals surface area (Å²) in [4.78, 5) is 24.1. The largest absolute Gasteiger partial charge is 0.271 e. The summed E-state index contributed by atoms with van der Waals surface area (Å²) in [6.45, 7) is 4.72. The monoisotopic (exact) mass is 243 g/mol. The van der Waals surface area contributed by atoms with Crippen molar-refractivity contribution in [2.45, 2.75) is 26.8 Å². The number of hydrogen-bond donors (Lipinski definition) is 0. The molecule has 0 fully saturated rings. The Morgan fingerprint density at radius 3 is 1.94 bits per heavy atom. The van der Waals surface area contributed by atoms with Crippen LogP contribution in [-0.2, 0) is 22.6 Å². The number of nitrogens with zero attached hydrogens (tertiary/aromatic N) is 1. The molecule has 0 saturated carbocycles. The van der Waals surface area contributed by atoms with Crippen molar-refractivity contribution in [2.24, 2.45) is 5.92 Å². The molecule has 1 aromatic rings. The Bertz CT molecular complexity index is 468. The van der Waals surface area contributed by atoms with Crippen molar-refractivity contribution in [2.75, 3.05) is 0 Å². The number of carbonyl (C=O) groups is 2. The van der Waals surface area contributed by atoms with Gasteiger partial charge in [0.05, 0.1) is 6.54 Å². The van der Waals surface area contributed by atoms with E-state index < -0.39 is 0 Å². The first-order valence-electron chi connectivity index (χ1n) is 6.17. The van der Waals surface area contributed by atoms with Gasteiger partial charge in [0.15, 0.2) is 0 Å². The quantitative estimate of drug-likeness (QED) is 0.761. The zero-order valence-corrected chi connectivity index (χ0v) is 10.7. The van der Waals surface area contributed by atoms with Gasteiger partial charge in [-0.2, -0.15) is 0 Å². The summed E-state index contributed by atoms with van der Waals surface area (Å²) in [7, 11) is 0. The van der Waals surface area contributed by atoms with Crippen molar-refractivity contribution in [1.82, 2.24) is 4.90 Å². The molecule has 0 unspecified atom stereocenters. The van der Waals surface area contributed by atoms with E-state index in [0.29, 0.717) is 12.5 Å². The van der Waals surface area contributed by atoms with Gasteiger partial charge in [-0.3, -0.25) is 14.5 Å². The average Bonchev–Trinajstić information content (AvgIpc) is 2.63. The van der Waals surface area contributed by atoms with Crippen LogP contribution in [0.15, 0.2) is 36.4 Å². The second-order valence-electron chi connectivity index (χ2n) is 5.01. The standard InChI is InChI=1S/C15H17NO2/c1-11(2)9-12-3-5-13(6-4-12)10-16-14(17)7-8-15(16)18/h3-8,11H,9-10H2,1-2H3. The third-order valence-corrected chi connectivity index (χ3v) is 2.91. The smallest absolute Gasteiger partial charge is 0.253 e. The van der Waals surface area contributed by atoms with Crippen LogP contribution < -0.4 is 0 Å². The SMILES string of the molecule is CC(C)Cc1ccc(CN2C(=O)C=CC2=O)cc1. The van der Waals surface area contributed by atoms with Gasteiger partial charge < -0.3 is 0 Å². The van der Waals surface area contributed by atoms with Crippen molar-refractivity contribution in [3.8, 4) is 0 Å². The molecular weight excluding hydrogens is 226 g/mol. The van der Waals surface area contributed by atoms with Crippen molar-refractivity contribution < 1.29 is 9.59 Å². The predicted molar refractivity (Wildman–Crippen MR) is 69.7 cm³/mol. The second-order valence-corrected chi connectivity index (χ2v) is 5.01. The highest BCUT2D eigenvalue weighted by atomic mass is 16.2. The average molecular weight is 243 g/mol. The highest BCUT2D eigenvalue weighted by Gasteiger charge is 2.22. The van der Waals surface area contributed by atoms with Crippen LogP contribution in [-0.4, -0.2) is 16.7 Å². The molecule has 2 amide bonds. The molecule has 0 spiro atoms. The second kappa shape index (κ2) is 5.17. The number of hydrogen-bond acceptors (Lipinski definition) is 2. The molecule has 0 bridgehead atoms. The Morgan fingerprint density at radius 1 is 0.944 bits per heavy atom. The molecule has 18 heavy (non-hydrogen) atoms. The van der Waals surface area contributed by atoms with Crippen LogP contribution in [0.4, 0.5) is 0 Å². The maximum absolute atomic E-state index is 11.4. The van der Waals surface area contributed by atoms with E-state index in [1.54, 1.807) is 0 Å². The van der Waals surface area contributed by atoms with E-state index in [-0.39, 0.29) is 11.8 Å². The fraction of sp³-hybridized carbons (Fsp3) is 0.333. The van der Waals surface area contributed by atoms with Crippen molar-refractivity contribution in [3.63, 3.8) is 0 Å². The molecule has 0 saturated heterocycles. The third-order valence-electron chi connectivity index (χ3n) is 2.91. The predicted octanol–water partition coefficient (Wildman–Crippen LogP) is 2.31. The molecule has 94 valence electrons. The molecule has 2 rings (SSSR count). The Kier molecular flexibility index (Phi) is 3.60. The van der Waals surface area contributed by atoms with Crippen LogP contribution in [0.2, 0.25) is 0 Å². The summed E-state index contributed by atoms with van der Waals surface area (Å²) >= 11 is 0. The van der Waals surface area contributed by atoms with E-state index in [0.717, 1.165) is 12.0 Å². The van der Waals surface area contributed by atoms with Gasteiger partial charge in [-0.15, -0.1) is 0 Å². The summed E-state index contributed by atoms with van der Waals surface area (Å²) in [6.07, 6.45) is 3.67. The van der Waals surface area contributed by atoms with E-state index in [9.17, 15) is 9.59 Å². The fourth-order valence-corrected chi connectivity index (χ4v) is 2.02. The van der Waals surface area contributed by atoms with Crippen LogP contribution in [0.3, 0.4) is 0 Å². The lowest BCUT2D eigenvalue weighted by Gasteiger charge is -2.14. The van der Waals surface area contributed by atoms with E-state index >= 15 is 0 Å². The molecule has 1 aliphatic rings. The first-order valence-corrected chi connectivity index (χ1v) is 6.17. The number of carbonyl (C=O) groups excluding carboxylic acids is 2. The summed E-state index contributed by atoms with van der Waals surface area (Å²) in [5.74, 6) is 0.166. The third kappa shape index (κ3) is 2.86. The minimum absolute atomic E-state index is 0.230. The first-order chi connectivity index (χ1) is 8.56. The van der Waals surface area contributed by atoms with Crippen LogP contribution in [0, 0.1) is 5.92 Å². The Balaban J connectivity index is 2.02. The van der Waals surface area contributed by atoms with E-state index in [1.807, 2.05) is 12.1 Å². The van der Waals surface area contributed by atoms with Gasteiger partial charge in [0.2, 0.25) is 0 Å². The molecule has 0 N–H and O–H groups in total. The van der Waals surface area contributed by atoms with Gasteiger partial charge in [-0.1, -0.05) is 38.1 Å². The zero-order valence-electron chi connectivity index (χ0n) is 10.7. The van der Waals surface area contributed by atoms with E-state index in [1.165, 1.54) is 22.6 Å². The van der Waals surface area contributed by atoms with Gasteiger partial charge in [-0.25, -0.2) is 0 Å². The van der Waals surface area contributed by atoms with E-state index in [2.05, 4.69) is 26.0 Å². The fourth-order valence-electron chi connectivity index (χ4n) is 2.02. The van der Waals surface area contributed by atoms with Crippen LogP contribution in [0.25, 0.3) is 0 Å². The number of rotatable bonds is 4. The van der Waals surface area contributed by atoms with Gasteiger partial charge in [0.1, 0.15) is 0 Å². The van der Waals surface area contributed by atoms with Gasteiger partial charge in [0, 0.05) is 12.2 Å². The maximum Gasteiger partial charge on any atom is 0.253 e. The van der Waals surface area contributed by atoms with Gasteiger partial charge >= 0.3 is 0 Å². The summed E-state index contributed by atoms with van der Waals surface area (Å²) < 4.78 is 0. The molecule has 0 aromatic heterocycles. The zero-order chi connectivity index (χ0) is 13.1. The lowest BCUT2D eigenvalue weighted by Crippen LogP contribution is -2.29. The molecule has 1 aromatic carbocycles. The number of imide groups is 1. The lowest BCUT2D eigenvalue weighted by molar-refractivity contribution is -0.137. The van der Waals surface area contributed by atoms with Crippen molar-refractivity contribution in [1.29, 1.82) is 0 Å². The lowest BCUT2D eigenvalue weighted by atomic mass is 10.0. The molecule has 0 aliphatic carbocycles. The van der Waals surface area contributed by atoms with E-state index in [4.69, 9.17) is 0 Å². The minimum atomic E-state index is -0.230. The molecule has 1 aliphatic heterocycles. The number of amides is 2. The topological polar surface area (TPSA) is 37.4 Å². The van der Waals surface area contributed by atoms with Crippen LogP contribution >= 0.6 is 0 Å². The summed E-state index contributed by atoms with van der Waals surface area (Å²) in [5.41, 5.74) is 2.26. The molecule has 1 heterocycles. The highest BCUT2D eigenvalue weighted by Crippen LogP contribution is 2.13. The Labute approximate surface area is 107 Å². The minimum Gasteiger partial charge on any atom is -0.271 e. The van der Waals surface area contributed by atoms with Gasteiger partial charge in [-0.05, 0) is 23.5 Å². The highest BCUT2D eigenvalue weighted by molar-refractivity contribution is 6.12. The molecule has 3 heteroatoms. The van der Waals surface area contributed by atoms with Gasteiger partial charge in [0.25, 0.3) is 11.8 Å². The Hall–Kier alpha value is -1.90. The first kappa shape index (κ1) is 12.6. The molecular formula is C15H17NO2. The summed E-state index contributed by atoms with van der Waals surface area (Å²) in [6, 6.07) is 8.09. The molecule has 3 nitrogen and oxygen atoms in total. The van der Waals surface area contributed by atoms with Crippen molar-refractivity contribution >= 4 is 11.8 Å². The summed E-state index contributed by atoms with van der Waals surface area (Å²) in [5, 5.41) is 0. The number of benzene rings is 1. The van der Waals surface area contributed by atoms with Crippen molar-refractivity contribution in [3.05, 3.63) is 47.5 Å². The van der Waals surface area contributed by atoms with Crippen LogP contribution in [0.1, 0.15) is 25.0 Å². The maximum atomic E-state index is 11.4. The molecule has 0 radical (unpaired) electrons. The Morgan fingerprint density at radius 2 is 1.44 bits per heavy atom. The normalized spacial score (nSPS) is 14.9.